The molecule has 84 valence electrons. The predicted molar refractivity (Wildman–Crippen MR) is 58.3 cm³/mol. The fourth-order valence-corrected chi connectivity index (χ4v) is 1.45. The molecule has 0 bridgehead atoms. The molecule has 4 heteroatoms. The maximum atomic E-state index is 11.4. The summed E-state index contributed by atoms with van der Waals surface area (Å²) in [5.74, 6) is 2.58. The first-order chi connectivity index (χ1) is 7.33. The number of amides is 1. The highest BCUT2D eigenvalue weighted by Crippen LogP contribution is 2.00. The molecule has 0 spiro atoms. The van der Waals surface area contributed by atoms with Crippen molar-refractivity contribution in [3.63, 3.8) is 0 Å². The van der Waals surface area contributed by atoms with E-state index in [4.69, 9.17) is 11.2 Å². The zero-order valence-corrected chi connectivity index (χ0v) is 8.92. The summed E-state index contributed by atoms with van der Waals surface area (Å²) in [7, 11) is 0. The number of rotatable bonds is 5. The fourth-order valence-electron chi connectivity index (χ4n) is 1.45. The molecule has 15 heavy (non-hydrogen) atoms. The standard InChI is InChI=1S/C11H18N2O2/c1-2-3-4-5-13-11(14)8-10-9-12-6-7-15-10/h1,10,12H,3-9H2,(H,13,14). The van der Waals surface area contributed by atoms with Crippen LogP contribution < -0.4 is 10.6 Å². The molecule has 1 amide bonds. The predicted octanol–water partition coefficient (Wildman–Crippen LogP) is -0.105. The van der Waals surface area contributed by atoms with Gasteiger partial charge in [0, 0.05) is 26.1 Å². The summed E-state index contributed by atoms with van der Waals surface area (Å²) in [6.07, 6.45) is 7.11. The molecule has 1 atom stereocenters. The topological polar surface area (TPSA) is 50.4 Å². The first kappa shape index (κ1) is 12.0. The summed E-state index contributed by atoms with van der Waals surface area (Å²) < 4.78 is 5.42. The van der Waals surface area contributed by atoms with E-state index in [9.17, 15) is 4.79 Å². The third-order valence-corrected chi connectivity index (χ3v) is 2.24. The van der Waals surface area contributed by atoms with Crippen molar-refractivity contribution in [2.45, 2.75) is 25.4 Å². The van der Waals surface area contributed by atoms with Crippen molar-refractivity contribution in [1.82, 2.24) is 10.6 Å². The minimum atomic E-state index is 0.0198. The average Bonchev–Trinajstić information content (AvgIpc) is 2.26. The number of carbonyl (C=O) groups excluding carboxylic acids is 1. The Kier molecular flexibility index (Phi) is 5.83. The van der Waals surface area contributed by atoms with E-state index >= 15 is 0 Å². The van der Waals surface area contributed by atoms with E-state index in [1.807, 2.05) is 0 Å². The number of nitrogens with one attached hydrogen (secondary N) is 2. The number of terminal acetylenes is 1. The largest absolute Gasteiger partial charge is 0.375 e. The summed E-state index contributed by atoms with van der Waals surface area (Å²) in [5.41, 5.74) is 0. The third-order valence-electron chi connectivity index (χ3n) is 2.24. The van der Waals surface area contributed by atoms with Crippen molar-refractivity contribution < 1.29 is 9.53 Å². The van der Waals surface area contributed by atoms with Crippen LogP contribution in [0.3, 0.4) is 0 Å². The second kappa shape index (κ2) is 7.27. The van der Waals surface area contributed by atoms with Gasteiger partial charge in [0.25, 0.3) is 0 Å². The van der Waals surface area contributed by atoms with Crippen molar-refractivity contribution >= 4 is 5.91 Å². The van der Waals surface area contributed by atoms with Crippen LogP contribution in [0.15, 0.2) is 0 Å². The van der Waals surface area contributed by atoms with E-state index in [1.165, 1.54) is 0 Å². The minimum Gasteiger partial charge on any atom is -0.375 e. The lowest BCUT2D eigenvalue weighted by Gasteiger charge is -2.22. The molecule has 0 aliphatic carbocycles. The van der Waals surface area contributed by atoms with Crippen molar-refractivity contribution in [3.05, 3.63) is 0 Å². The molecular formula is C11H18N2O2. The van der Waals surface area contributed by atoms with E-state index in [1.54, 1.807) is 0 Å². The fraction of sp³-hybridized carbons (Fsp3) is 0.727. The van der Waals surface area contributed by atoms with Crippen LogP contribution in [0.5, 0.6) is 0 Å². The zero-order valence-electron chi connectivity index (χ0n) is 8.92. The molecule has 1 aliphatic rings. The van der Waals surface area contributed by atoms with Crippen LogP contribution in [0.25, 0.3) is 0 Å². The van der Waals surface area contributed by atoms with Gasteiger partial charge >= 0.3 is 0 Å². The molecule has 4 nitrogen and oxygen atoms in total. The number of carbonyl (C=O) groups is 1. The molecule has 0 aromatic heterocycles. The van der Waals surface area contributed by atoms with Gasteiger partial charge in [-0.3, -0.25) is 4.79 Å². The van der Waals surface area contributed by atoms with Gasteiger partial charge in [0.1, 0.15) is 0 Å². The van der Waals surface area contributed by atoms with Gasteiger partial charge in [-0.05, 0) is 6.42 Å². The van der Waals surface area contributed by atoms with E-state index in [2.05, 4.69) is 16.6 Å². The molecular weight excluding hydrogens is 192 g/mol. The van der Waals surface area contributed by atoms with Gasteiger partial charge in [0.2, 0.25) is 5.91 Å². The lowest BCUT2D eigenvalue weighted by Crippen LogP contribution is -2.41. The van der Waals surface area contributed by atoms with E-state index < -0.39 is 0 Å². The maximum absolute atomic E-state index is 11.4. The second-order valence-corrected chi connectivity index (χ2v) is 3.56. The smallest absolute Gasteiger partial charge is 0.222 e. The van der Waals surface area contributed by atoms with Crippen LogP contribution in [-0.2, 0) is 9.53 Å². The number of morpholine rings is 1. The Morgan fingerprint density at radius 1 is 1.67 bits per heavy atom. The second-order valence-electron chi connectivity index (χ2n) is 3.56. The Labute approximate surface area is 90.8 Å². The number of ether oxygens (including phenoxy) is 1. The van der Waals surface area contributed by atoms with E-state index in [0.717, 1.165) is 19.5 Å². The normalized spacial score (nSPS) is 20.6. The summed E-state index contributed by atoms with van der Waals surface area (Å²) in [6, 6.07) is 0. The maximum Gasteiger partial charge on any atom is 0.222 e. The van der Waals surface area contributed by atoms with Gasteiger partial charge in [-0.1, -0.05) is 0 Å². The third kappa shape index (κ3) is 5.40. The van der Waals surface area contributed by atoms with Crippen molar-refractivity contribution in [1.29, 1.82) is 0 Å². The lowest BCUT2D eigenvalue weighted by molar-refractivity contribution is -0.124. The SMILES string of the molecule is C#CCCCNC(=O)CC1CNCCO1. The summed E-state index contributed by atoms with van der Waals surface area (Å²) in [6.45, 7) is 2.98. The Morgan fingerprint density at radius 2 is 2.53 bits per heavy atom. The van der Waals surface area contributed by atoms with Crippen LogP contribution in [-0.4, -0.2) is 38.3 Å². The summed E-state index contributed by atoms with van der Waals surface area (Å²) >= 11 is 0. The molecule has 0 saturated carbocycles. The lowest BCUT2D eigenvalue weighted by atomic mass is 10.2. The molecule has 0 radical (unpaired) electrons. The summed E-state index contributed by atoms with van der Waals surface area (Å²) in [4.78, 5) is 11.4. The monoisotopic (exact) mass is 210 g/mol. The van der Waals surface area contributed by atoms with Crippen LogP contribution >= 0.6 is 0 Å². The zero-order chi connectivity index (χ0) is 10.9. The average molecular weight is 210 g/mol. The van der Waals surface area contributed by atoms with Crippen LogP contribution in [0.4, 0.5) is 0 Å². The Balaban J connectivity index is 2.04. The molecule has 0 aromatic rings. The molecule has 1 rings (SSSR count). The van der Waals surface area contributed by atoms with Crippen LogP contribution in [0, 0.1) is 12.3 Å². The van der Waals surface area contributed by atoms with Crippen LogP contribution in [0.2, 0.25) is 0 Å². The molecule has 1 fully saturated rings. The van der Waals surface area contributed by atoms with Crippen molar-refractivity contribution in [2.75, 3.05) is 26.2 Å². The van der Waals surface area contributed by atoms with E-state index in [0.29, 0.717) is 26.0 Å². The molecule has 1 heterocycles. The number of hydrogen-bond donors (Lipinski definition) is 2. The highest BCUT2D eigenvalue weighted by molar-refractivity contribution is 5.76. The van der Waals surface area contributed by atoms with Gasteiger partial charge in [0.15, 0.2) is 0 Å². The highest BCUT2D eigenvalue weighted by Gasteiger charge is 2.16. The van der Waals surface area contributed by atoms with Crippen LogP contribution in [0.1, 0.15) is 19.3 Å². The van der Waals surface area contributed by atoms with Gasteiger partial charge in [-0.15, -0.1) is 12.3 Å². The quantitative estimate of drug-likeness (QED) is 0.492. The van der Waals surface area contributed by atoms with Crippen molar-refractivity contribution in [2.24, 2.45) is 0 Å². The Bertz CT molecular complexity index is 229. The Hall–Kier alpha value is -1.05. The Morgan fingerprint density at radius 3 is 3.20 bits per heavy atom. The molecule has 1 aliphatic heterocycles. The van der Waals surface area contributed by atoms with Gasteiger partial charge in [0.05, 0.1) is 19.1 Å². The highest BCUT2D eigenvalue weighted by atomic mass is 16.5. The van der Waals surface area contributed by atoms with Gasteiger partial charge in [-0.2, -0.15) is 0 Å². The van der Waals surface area contributed by atoms with E-state index in [-0.39, 0.29) is 12.0 Å². The molecule has 2 N–H and O–H groups in total. The molecule has 0 aromatic carbocycles. The number of hydrogen-bond acceptors (Lipinski definition) is 3. The minimum absolute atomic E-state index is 0.0198. The molecule has 1 saturated heterocycles. The van der Waals surface area contributed by atoms with Crippen molar-refractivity contribution in [3.8, 4) is 12.3 Å². The number of unbranched alkanes of at least 4 members (excludes halogenated alkanes) is 1. The summed E-state index contributed by atoms with van der Waals surface area (Å²) in [5, 5.41) is 6.01. The molecule has 1 unspecified atom stereocenters. The van der Waals surface area contributed by atoms with Gasteiger partial charge < -0.3 is 15.4 Å². The first-order valence-electron chi connectivity index (χ1n) is 5.35. The first-order valence-corrected chi connectivity index (χ1v) is 5.35. The van der Waals surface area contributed by atoms with Gasteiger partial charge in [-0.25, -0.2) is 0 Å².